The topological polar surface area (TPSA) is 67.6 Å². The predicted molar refractivity (Wildman–Crippen MR) is 116 cm³/mol. The first-order valence-corrected chi connectivity index (χ1v) is 10.2. The smallest absolute Gasteiger partial charge is 0.142 e. The van der Waals surface area contributed by atoms with Gasteiger partial charge in [-0.3, -0.25) is 0 Å². The van der Waals surface area contributed by atoms with Gasteiger partial charge in [-0.2, -0.15) is 5.26 Å². The molecule has 2 N–H and O–H groups in total. The normalized spacial score (nSPS) is 13.2. The number of nitriles is 1. The van der Waals surface area contributed by atoms with Crippen molar-refractivity contribution in [3.05, 3.63) is 82.9 Å². The molecule has 0 radical (unpaired) electrons. The predicted octanol–water partition coefficient (Wildman–Crippen LogP) is 5.22. The minimum absolute atomic E-state index is 0.241. The van der Waals surface area contributed by atoms with Crippen molar-refractivity contribution in [3.63, 3.8) is 0 Å². The monoisotopic (exact) mass is 396 g/mol. The Morgan fingerprint density at radius 3 is 2.63 bits per heavy atom. The van der Waals surface area contributed by atoms with E-state index < -0.39 is 0 Å². The molecule has 1 aliphatic rings. The number of halogens is 1. The minimum Gasteiger partial charge on any atom is -0.383 e. The summed E-state index contributed by atoms with van der Waals surface area (Å²) in [7, 11) is 0. The second-order valence-electron chi connectivity index (χ2n) is 7.81. The summed E-state index contributed by atoms with van der Waals surface area (Å²) in [4.78, 5) is 4.55. The largest absolute Gasteiger partial charge is 0.383 e. The van der Waals surface area contributed by atoms with Crippen LogP contribution in [-0.2, 0) is 19.4 Å². The lowest BCUT2D eigenvalue weighted by Gasteiger charge is -2.20. The molecule has 2 aromatic heterocycles. The zero-order valence-corrected chi connectivity index (χ0v) is 16.5. The molecule has 2 aromatic carbocycles. The zero-order valence-electron chi connectivity index (χ0n) is 16.5. The second-order valence-corrected chi connectivity index (χ2v) is 7.81. The number of hydrogen-bond donors (Lipinski definition) is 1. The maximum absolute atomic E-state index is 13.3. The first kappa shape index (κ1) is 18.4. The number of anilines is 1. The van der Waals surface area contributed by atoms with Crippen molar-refractivity contribution in [2.45, 2.75) is 32.2 Å². The van der Waals surface area contributed by atoms with Crippen LogP contribution in [0.2, 0.25) is 0 Å². The van der Waals surface area contributed by atoms with Gasteiger partial charge in [0.15, 0.2) is 0 Å². The summed E-state index contributed by atoms with van der Waals surface area (Å²) >= 11 is 0. The van der Waals surface area contributed by atoms with Crippen molar-refractivity contribution in [2.24, 2.45) is 0 Å². The third-order valence-electron chi connectivity index (χ3n) is 5.94. The number of aryl methyl sites for hydroxylation is 1. The highest BCUT2D eigenvalue weighted by atomic mass is 19.1. The molecule has 1 aliphatic carbocycles. The SMILES string of the molecule is N#Cc1c(N)nc2c(c1-c1cn(Cc3ccc(F)cc3)c3ccccc13)CCCC2. The molecular weight excluding hydrogens is 375 g/mol. The van der Waals surface area contributed by atoms with Gasteiger partial charge >= 0.3 is 0 Å². The Morgan fingerprint density at radius 1 is 1.07 bits per heavy atom. The van der Waals surface area contributed by atoms with E-state index >= 15 is 0 Å². The van der Waals surface area contributed by atoms with Gasteiger partial charge in [0.1, 0.15) is 23.3 Å². The summed E-state index contributed by atoms with van der Waals surface area (Å²) in [5.74, 6) is 0.0675. The highest BCUT2D eigenvalue weighted by Crippen LogP contribution is 2.40. The third-order valence-corrected chi connectivity index (χ3v) is 5.94. The van der Waals surface area contributed by atoms with Crippen LogP contribution in [-0.4, -0.2) is 9.55 Å². The zero-order chi connectivity index (χ0) is 20.7. The molecule has 0 fully saturated rings. The number of rotatable bonds is 3. The molecule has 5 rings (SSSR count). The first-order chi connectivity index (χ1) is 14.7. The van der Waals surface area contributed by atoms with E-state index in [1.165, 1.54) is 12.1 Å². The van der Waals surface area contributed by atoms with Gasteiger partial charge in [-0.05, 0) is 55.0 Å². The molecule has 4 nitrogen and oxygen atoms in total. The number of fused-ring (bicyclic) bond motifs is 2. The summed E-state index contributed by atoms with van der Waals surface area (Å²) < 4.78 is 15.5. The van der Waals surface area contributed by atoms with E-state index in [1.807, 2.05) is 12.1 Å². The van der Waals surface area contributed by atoms with Gasteiger partial charge in [-0.15, -0.1) is 0 Å². The van der Waals surface area contributed by atoms with E-state index in [9.17, 15) is 9.65 Å². The lowest BCUT2D eigenvalue weighted by Crippen LogP contribution is -2.11. The van der Waals surface area contributed by atoms with Crippen LogP contribution < -0.4 is 5.73 Å². The Morgan fingerprint density at radius 2 is 1.83 bits per heavy atom. The van der Waals surface area contributed by atoms with E-state index in [0.717, 1.165) is 64.5 Å². The standard InChI is InChI=1S/C25H21FN4/c26-17-11-9-16(10-12-17)14-30-15-21(18-5-2-4-8-23(18)30)24-19-6-1-3-7-22(19)29-25(28)20(24)13-27/h2,4-5,8-12,15H,1,3,6-7,14H2,(H2,28,29). The molecule has 0 unspecified atom stereocenters. The number of nitrogens with two attached hydrogens (primary N) is 1. The number of benzene rings is 2. The fourth-order valence-corrected chi connectivity index (χ4v) is 4.54. The van der Waals surface area contributed by atoms with Crippen molar-refractivity contribution in [3.8, 4) is 17.2 Å². The molecular formula is C25H21FN4. The number of para-hydroxylation sites is 1. The number of nitrogens with zero attached hydrogens (tertiary/aromatic N) is 3. The van der Waals surface area contributed by atoms with Crippen molar-refractivity contribution in [1.82, 2.24) is 9.55 Å². The van der Waals surface area contributed by atoms with E-state index in [2.05, 4.69) is 33.9 Å². The molecule has 4 aromatic rings. The van der Waals surface area contributed by atoms with Crippen LogP contribution in [0.1, 0.15) is 35.2 Å². The van der Waals surface area contributed by atoms with Crippen LogP contribution >= 0.6 is 0 Å². The highest BCUT2D eigenvalue weighted by molar-refractivity contribution is 5.99. The van der Waals surface area contributed by atoms with Crippen LogP contribution in [0.4, 0.5) is 10.2 Å². The molecule has 0 aliphatic heterocycles. The van der Waals surface area contributed by atoms with Gasteiger partial charge in [-0.25, -0.2) is 9.37 Å². The Balaban J connectivity index is 1.74. The lowest BCUT2D eigenvalue weighted by atomic mass is 9.86. The maximum Gasteiger partial charge on any atom is 0.142 e. The minimum atomic E-state index is -0.241. The van der Waals surface area contributed by atoms with E-state index in [0.29, 0.717) is 17.9 Å². The fourth-order valence-electron chi connectivity index (χ4n) is 4.54. The van der Waals surface area contributed by atoms with E-state index in [1.54, 1.807) is 12.1 Å². The van der Waals surface area contributed by atoms with Gasteiger partial charge in [0.05, 0.1) is 0 Å². The van der Waals surface area contributed by atoms with Crippen molar-refractivity contribution in [1.29, 1.82) is 5.26 Å². The van der Waals surface area contributed by atoms with E-state index in [4.69, 9.17) is 5.73 Å². The molecule has 0 saturated heterocycles. The molecule has 0 saturated carbocycles. The van der Waals surface area contributed by atoms with Gasteiger partial charge in [-0.1, -0.05) is 30.3 Å². The summed E-state index contributed by atoms with van der Waals surface area (Å²) in [5, 5.41) is 11.0. The number of nitrogen functional groups attached to an aromatic ring is 1. The molecule has 2 heterocycles. The fraction of sp³-hybridized carbons (Fsp3) is 0.200. The Labute approximate surface area is 174 Å². The van der Waals surface area contributed by atoms with Gasteiger partial charge in [0.25, 0.3) is 0 Å². The van der Waals surface area contributed by atoms with Crippen molar-refractivity contribution < 1.29 is 4.39 Å². The van der Waals surface area contributed by atoms with Crippen molar-refractivity contribution >= 4 is 16.7 Å². The van der Waals surface area contributed by atoms with Crippen LogP contribution in [0.5, 0.6) is 0 Å². The molecule has 0 atom stereocenters. The molecule has 0 amide bonds. The summed E-state index contributed by atoms with van der Waals surface area (Å²) in [5.41, 5.74) is 12.9. The lowest BCUT2D eigenvalue weighted by molar-refractivity contribution is 0.626. The second kappa shape index (κ2) is 7.31. The van der Waals surface area contributed by atoms with Crippen LogP contribution in [0.15, 0.2) is 54.7 Å². The van der Waals surface area contributed by atoms with Crippen molar-refractivity contribution in [2.75, 3.05) is 5.73 Å². The number of aromatic nitrogens is 2. The Bertz CT molecular complexity index is 1300. The summed E-state index contributed by atoms with van der Waals surface area (Å²) in [6.45, 7) is 0.617. The molecule has 5 heteroatoms. The van der Waals surface area contributed by atoms with Crippen LogP contribution in [0, 0.1) is 17.1 Å². The summed E-state index contributed by atoms with van der Waals surface area (Å²) in [6, 6.07) is 17.0. The average molecular weight is 396 g/mol. The maximum atomic E-state index is 13.3. The Kier molecular flexibility index (Phi) is 4.48. The third kappa shape index (κ3) is 3.02. The van der Waals surface area contributed by atoms with Gasteiger partial charge < -0.3 is 10.3 Å². The Hall–Kier alpha value is -3.65. The number of hydrogen-bond acceptors (Lipinski definition) is 3. The van der Waals surface area contributed by atoms with Crippen LogP contribution in [0.3, 0.4) is 0 Å². The molecule has 30 heavy (non-hydrogen) atoms. The van der Waals surface area contributed by atoms with Gasteiger partial charge in [0, 0.05) is 40.5 Å². The first-order valence-electron chi connectivity index (χ1n) is 10.2. The quantitative estimate of drug-likeness (QED) is 0.516. The molecule has 148 valence electrons. The molecule has 0 bridgehead atoms. The number of pyridine rings is 1. The van der Waals surface area contributed by atoms with Crippen LogP contribution in [0.25, 0.3) is 22.0 Å². The van der Waals surface area contributed by atoms with Gasteiger partial charge in [0.2, 0.25) is 0 Å². The molecule has 0 spiro atoms. The van der Waals surface area contributed by atoms with E-state index in [-0.39, 0.29) is 5.82 Å². The summed E-state index contributed by atoms with van der Waals surface area (Å²) in [6.07, 6.45) is 6.08. The highest BCUT2D eigenvalue weighted by Gasteiger charge is 2.24. The average Bonchev–Trinajstić information content (AvgIpc) is 3.12.